The van der Waals surface area contributed by atoms with E-state index in [1.54, 1.807) is 29.2 Å². The Morgan fingerprint density at radius 2 is 1.78 bits per heavy atom. The van der Waals surface area contributed by atoms with E-state index in [4.69, 9.17) is 5.26 Å². The zero-order chi connectivity index (χ0) is 19.0. The Bertz CT molecular complexity index is 1070. The van der Waals surface area contributed by atoms with Gasteiger partial charge >= 0.3 is 0 Å². The molecule has 0 saturated heterocycles. The molecule has 0 aromatic heterocycles. The van der Waals surface area contributed by atoms with E-state index in [0.717, 1.165) is 11.1 Å². The lowest BCUT2D eigenvalue weighted by Crippen LogP contribution is -2.40. The SMILES string of the molecule is Cc1cccc(C2(O)C(=O)N(Cc3ccc(C#N)cc3)c3ccccc32)c1. The number of carbonyl (C=O) groups excluding carboxylic acids is 1. The molecule has 4 nitrogen and oxygen atoms in total. The van der Waals surface area contributed by atoms with Gasteiger partial charge < -0.3 is 10.0 Å². The van der Waals surface area contributed by atoms with Crippen LogP contribution in [0.25, 0.3) is 0 Å². The van der Waals surface area contributed by atoms with Gasteiger partial charge in [0, 0.05) is 5.56 Å². The molecule has 4 rings (SSSR count). The van der Waals surface area contributed by atoms with Gasteiger partial charge in [0.2, 0.25) is 0 Å². The highest BCUT2D eigenvalue weighted by Crippen LogP contribution is 2.45. The van der Waals surface area contributed by atoms with Crippen molar-refractivity contribution in [2.45, 2.75) is 19.1 Å². The van der Waals surface area contributed by atoms with Gasteiger partial charge in [-0.15, -0.1) is 0 Å². The number of hydrogen-bond acceptors (Lipinski definition) is 3. The van der Waals surface area contributed by atoms with Crippen LogP contribution in [-0.2, 0) is 16.9 Å². The molecular formula is C23H18N2O2. The predicted octanol–water partition coefficient (Wildman–Crippen LogP) is 3.65. The Balaban J connectivity index is 1.79. The summed E-state index contributed by atoms with van der Waals surface area (Å²) in [6, 6.07) is 24.0. The molecule has 3 aromatic carbocycles. The second-order valence-electron chi connectivity index (χ2n) is 6.80. The molecule has 0 fully saturated rings. The zero-order valence-electron chi connectivity index (χ0n) is 14.9. The summed E-state index contributed by atoms with van der Waals surface area (Å²) in [7, 11) is 0. The minimum Gasteiger partial charge on any atom is -0.372 e. The van der Waals surface area contributed by atoms with Gasteiger partial charge in [-0.05, 0) is 36.2 Å². The molecule has 132 valence electrons. The Kier molecular flexibility index (Phi) is 4.02. The highest BCUT2D eigenvalue weighted by Gasteiger charge is 2.50. The van der Waals surface area contributed by atoms with E-state index in [9.17, 15) is 9.90 Å². The van der Waals surface area contributed by atoms with E-state index in [1.807, 2.05) is 55.5 Å². The van der Waals surface area contributed by atoms with Gasteiger partial charge in [0.05, 0.1) is 23.9 Å². The minimum absolute atomic E-state index is 0.329. The minimum atomic E-state index is -1.70. The summed E-state index contributed by atoms with van der Waals surface area (Å²) in [5.41, 5.74) is 2.62. The lowest BCUT2D eigenvalue weighted by atomic mass is 9.87. The number of aryl methyl sites for hydroxylation is 1. The molecule has 1 unspecified atom stereocenters. The maximum Gasteiger partial charge on any atom is 0.268 e. The summed E-state index contributed by atoms with van der Waals surface area (Å²) in [4.78, 5) is 15.0. The Morgan fingerprint density at radius 3 is 2.48 bits per heavy atom. The number of para-hydroxylation sites is 1. The normalized spacial score (nSPS) is 18.3. The van der Waals surface area contributed by atoms with Crippen LogP contribution in [0.15, 0.2) is 72.8 Å². The summed E-state index contributed by atoms with van der Waals surface area (Å²) >= 11 is 0. The van der Waals surface area contributed by atoms with E-state index < -0.39 is 5.60 Å². The molecule has 3 aromatic rings. The van der Waals surface area contributed by atoms with Gasteiger partial charge in [-0.1, -0.05) is 60.2 Å². The largest absolute Gasteiger partial charge is 0.372 e. The van der Waals surface area contributed by atoms with Crippen LogP contribution in [0.1, 0.15) is 27.8 Å². The number of amides is 1. The summed E-state index contributed by atoms with van der Waals surface area (Å²) in [5, 5.41) is 20.5. The average Bonchev–Trinajstić information content (AvgIpc) is 2.92. The number of aliphatic hydroxyl groups is 1. The molecule has 27 heavy (non-hydrogen) atoms. The standard InChI is InChI=1S/C23H18N2O2/c1-16-5-4-6-19(13-16)23(27)20-7-2-3-8-21(20)25(22(23)26)15-18-11-9-17(14-24)10-12-18/h2-13,27H,15H2,1H3. The molecule has 0 saturated carbocycles. The second-order valence-corrected chi connectivity index (χ2v) is 6.80. The first-order chi connectivity index (χ1) is 13.0. The summed E-state index contributed by atoms with van der Waals surface area (Å²) in [5.74, 6) is -0.362. The fraction of sp³-hybridized carbons (Fsp3) is 0.130. The van der Waals surface area contributed by atoms with Crippen LogP contribution in [-0.4, -0.2) is 11.0 Å². The van der Waals surface area contributed by atoms with Crippen LogP contribution in [0.3, 0.4) is 0 Å². The summed E-state index contributed by atoms with van der Waals surface area (Å²) in [6.07, 6.45) is 0. The van der Waals surface area contributed by atoms with Gasteiger partial charge in [0.1, 0.15) is 0 Å². The molecule has 1 N–H and O–H groups in total. The molecule has 0 radical (unpaired) electrons. The number of nitriles is 1. The Morgan fingerprint density at radius 1 is 1.04 bits per heavy atom. The second kappa shape index (κ2) is 6.39. The van der Waals surface area contributed by atoms with Gasteiger partial charge in [0.25, 0.3) is 5.91 Å². The predicted molar refractivity (Wildman–Crippen MR) is 103 cm³/mol. The highest BCUT2D eigenvalue weighted by atomic mass is 16.3. The van der Waals surface area contributed by atoms with Crippen molar-refractivity contribution in [2.24, 2.45) is 0 Å². The third-order valence-corrected chi connectivity index (χ3v) is 5.00. The molecule has 0 bridgehead atoms. The zero-order valence-corrected chi connectivity index (χ0v) is 14.9. The highest BCUT2D eigenvalue weighted by molar-refractivity contribution is 6.09. The van der Waals surface area contributed by atoms with Crippen molar-refractivity contribution in [1.29, 1.82) is 5.26 Å². The number of fused-ring (bicyclic) bond motifs is 1. The van der Waals surface area contributed by atoms with E-state index >= 15 is 0 Å². The van der Waals surface area contributed by atoms with Crippen molar-refractivity contribution in [1.82, 2.24) is 0 Å². The van der Waals surface area contributed by atoms with Crippen LogP contribution in [0.5, 0.6) is 0 Å². The smallest absolute Gasteiger partial charge is 0.268 e. The number of anilines is 1. The van der Waals surface area contributed by atoms with Crippen molar-refractivity contribution in [2.75, 3.05) is 4.90 Å². The molecule has 4 heteroatoms. The fourth-order valence-electron chi connectivity index (χ4n) is 3.61. The van der Waals surface area contributed by atoms with Crippen molar-refractivity contribution in [3.8, 4) is 6.07 Å². The number of rotatable bonds is 3. The van der Waals surface area contributed by atoms with Crippen LogP contribution in [0.2, 0.25) is 0 Å². The topological polar surface area (TPSA) is 64.3 Å². The van der Waals surface area contributed by atoms with Gasteiger partial charge in [-0.25, -0.2) is 0 Å². The first kappa shape index (κ1) is 17.0. The molecule has 1 heterocycles. The van der Waals surface area contributed by atoms with Gasteiger partial charge in [-0.2, -0.15) is 5.26 Å². The first-order valence-corrected chi connectivity index (χ1v) is 8.74. The average molecular weight is 354 g/mol. The third-order valence-electron chi connectivity index (χ3n) is 5.00. The molecule has 1 aliphatic heterocycles. The monoisotopic (exact) mass is 354 g/mol. The van der Waals surface area contributed by atoms with Crippen molar-refractivity contribution >= 4 is 11.6 Å². The fourth-order valence-corrected chi connectivity index (χ4v) is 3.61. The van der Waals surface area contributed by atoms with Crippen molar-refractivity contribution < 1.29 is 9.90 Å². The van der Waals surface area contributed by atoms with Crippen LogP contribution < -0.4 is 4.90 Å². The van der Waals surface area contributed by atoms with Crippen molar-refractivity contribution in [3.63, 3.8) is 0 Å². The van der Waals surface area contributed by atoms with E-state index in [-0.39, 0.29) is 5.91 Å². The molecule has 0 spiro atoms. The quantitative estimate of drug-likeness (QED) is 0.781. The lowest BCUT2D eigenvalue weighted by molar-refractivity contribution is -0.132. The maximum absolute atomic E-state index is 13.3. The van der Waals surface area contributed by atoms with Crippen LogP contribution in [0.4, 0.5) is 5.69 Å². The van der Waals surface area contributed by atoms with Crippen LogP contribution in [0, 0.1) is 18.3 Å². The molecule has 1 atom stereocenters. The van der Waals surface area contributed by atoms with E-state index in [1.165, 1.54) is 0 Å². The molecular weight excluding hydrogens is 336 g/mol. The molecule has 1 amide bonds. The Hall–Kier alpha value is -3.42. The van der Waals surface area contributed by atoms with E-state index in [2.05, 4.69) is 6.07 Å². The lowest BCUT2D eigenvalue weighted by Gasteiger charge is -2.24. The maximum atomic E-state index is 13.3. The number of nitrogens with zero attached hydrogens (tertiary/aromatic N) is 2. The van der Waals surface area contributed by atoms with E-state index in [0.29, 0.717) is 28.9 Å². The number of hydrogen-bond donors (Lipinski definition) is 1. The Labute approximate surface area is 157 Å². The third kappa shape index (κ3) is 2.69. The molecule has 1 aliphatic rings. The van der Waals surface area contributed by atoms with Crippen molar-refractivity contribution in [3.05, 3.63) is 101 Å². The number of carbonyl (C=O) groups is 1. The molecule has 0 aliphatic carbocycles. The van der Waals surface area contributed by atoms with Gasteiger partial charge in [-0.3, -0.25) is 4.79 Å². The van der Waals surface area contributed by atoms with Crippen LogP contribution >= 0.6 is 0 Å². The summed E-state index contributed by atoms with van der Waals surface area (Å²) in [6.45, 7) is 2.27. The summed E-state index contributed by atoms with van der Waals surface area (Å²) < 4.78 is 0. The van der Waals surface area contributed by atoms with Gasteiger partial charge in [0.15, 0.2) is 5.60 Å². The number of benzene rings is 3. The first-order valence-electron chi connectivity index (χ1n) is 8.74.